The van der Waals surface area contributed by atoms with E-state index in [-0.39, 0.29) is 5.56 Å². The lowest BCUT2D eigenvalue weighted by Crippen LogP contribution is -2.09. The molecule has 1 heterocycles. The summed E-state index contributed by atoms with van der Waals surface area (Å²) >= 11 is 0. The number of aryl methyl sites for hydroxylation is 1. The number of hydrogen-bond acceptors (Lipinski definition) is 6. The Morgan fingerprint density at radius 2 is 2.29 bits per heavy atom. The molecular weight excluding hydrogens is 278 g/mol. The monoisotopic (exact) mass is 291 g/mol. The van der Waals surface area contributed by atoms with Crippen LogP contribution in [0.2, 0.25) is 0 Å². The normalized spacial score (nSPS) is 10.3. The molecule has 9 nitrogen and oxygen atoms in total. The first-order valence-electron chi connectivity index (χ1n) is 6.07. The third kappa shape index (κ3) is 3.32. The number of aromatic carboxylic acids is 1. The molecule has 0 spiro atoms. The van der Waals surface area contributed by atoms with E-state index in [4.69, 9.17) is 5.11 Å². The molecule has 2 rings (SSSR count). The van der Waals surface area contributed by atoms with Crippen LogP contribution in [-0.4, -0.2) is 37.3 Å². The molecule has 0 bridgehead atoms. The van der Waals surface area contributed by atoms with E-state index in [1.165, 1.54) is 18.2 Å². The smallest absolute Gasteiger partial charge is 0.342 e. The second kappa shape index (κ2) is 5.99. The molecule has 2 N–H and O–H groups in total. The Balaban J connectivity index is 2.07. The van der Waals surface area contributed by atoms with Crippen LogP contribution >= 0.6 is 0 Å². The molecule has 9 heteroatoms. The maximum Gasteiger partial charge on any atom is 0.342 e. The van der Waals surface area contributed by atoms with Crippen molar-refractivity contribution in [3.05, 3.63) is 46.0 Å². The van der Waals surface area contributed by atoms with Gasteiger partial charge in [0.15, 0.2) is 0 Å². The standard InChI is InChI=1S/C12H13N5O4/c1-16-7-14-15-11(16)4-5-13-8-2-3-9(12(18)19)10(6-8)17(20)21/h2-3,6-7,13H,4-5H2,1H3,(H,18,19). The summed E-state index contributed by atoms with van der Waals surface area (Å²) in [7, 11) is 1.82. The van der Waals surface area contributed by atoms with Crippen LogP contribution in [0.4, 0.5) is 11.4 Å². The molecule has 0 unspecified atom stereocenters. The summed E-state index contributed by atoms with van der Waals surface area (Å²) in [6, 6.07) is 3.92. The van der Waals surface area contributed by atoms with Gasteiger partial charge in [0.2, 0.25) is 0 Å². The Morgan fingerprint density at radius 3 is 2.86 bits per heavy atom. The van der Waals surface area contributed by atoms with Crippen molar-refractivity contribution in [2.24, 2.45) is 7.05 Å². The number of carbonyl (C=O) groups is 1. The third-order valence-electron chi connectivity index (χ3n) is 2.91. The van der Waals surface area contributed by atoms with Crippen molar-refractivity contribution in [2.75, 3.05) is 11.9 Å². The van der Waals surface area contributed by atoms with Crippen molar-refractivity contribution in [2.45, 2.75) is 6.42 Å². The zero-order chi connectivity index (χ0) is 15.4. The fraction of sp³-hybridized carbons (Fsp3) is 0.250. The Hall–Kier alpha value is -2.97. The quantitative estimate of drug-likeness (QED) is 0.602. The van der Waals surface area contributed by atoms with Crippen molar-refractivity contribution >= 4 is 17.3 Å². The maximum atomic E-state index is 10.9. The van der Waals surface area contributed by atoms with Crippen molar-refractivity contribution in [3.63, 3.8) is 0 Å². The number of aromatic nitrogens is 3. The van der Waals surface area contributed by atoms with E-state index in [2.05, 4.69) is 15.5 Å². The Morgan fingerprint density at radius 1 is 1.52 bits per heavy atom. The van der Waals surface area contributed by atoms with Crippen LogP contribution in [0.25, 0.3) is 0 Å². The summed E-state index contributed by atoms with van der Waals surface area (Å²) in [6.45, 7) is 0.496. The third-order valence-corrected chi connectivity index (χ3v) is 2.91. The molecule has 1 aromatic heterocycles. The SMILES string of the molecule is Cn1cnnc1CCNc1ccc(C(=O)O)c([N+](=O)[O-])c1. The van der Waals surface area contributed by atoms with Crippen LogP contribution in [-0.2, 0) is 13.5 Å². The van der Waals surface area contributed by atoms with Gasteiger partial charge in [-0.15, -0.1) is 10.2 Å². The van der Waals surface area contributed by atoms with Gasteiger partial charge in [0.25, 0.3) is 5.69 Å². The fourth-order valence-electron chi connectivity index (χ4n) is 1.83. The van der Waals surface area contributed by atoms with E-state index in [9.17, 15) is 14.9 Å². The number of hydrogen-bond donors (Lipinski definition) is 2. The van der Waals surface area contributed by atoms with E-state index in [0.717, 1.165) is 5.82 Å². The Kier molecular flexibility index (Phi) is 4.12. The van der Waals surface area contributed by atoms with Gasteiger partial charge in [-0.25, -0.2) is 4.79 Å². The summed E-state index contributed by atoms with van der Waals surface area (Å²) < 4.78 is 1.78. The zero-order valence-corrected chi connectivity index (χ0v) is 11.2. The largest absolute Gasteiger partial charge is 0.477 e. The molecule has 0 aliphatic heterocycles. The molecule has 0 aliphatic rings. The highest BCUT2D eigenvalue weighted by molar-refractivity contribution is 5.93. The van der Waals surface area contributed by atoms with E-state index in [1.807, 2.05) is 7.05 Å². The van der Waals surface area contributed by atoms with E-state index in [1.54, 1.807) is 10.9 Å². The van der Waals surface area contributed by atoms with Gasteiger partial charge < -0.3 is 15.0 Å². The number of nitro benzene ring substituents is 1. The lowest BCUT2D eigenvalue weighted by atomic mass is 10.1. The highest BCUT2D eigenvalue weighted by atomic mass is 16.6. The summed E-state index contributed by atoms with van der Waals surface area (Å²) in [5.41, 5.74) is -0.293. The first kappa shape index (κ1) is 14.4. The molecule has 0 saturated heterocycles. The van der Waals surface area contributed by atoms with Crippen molar-refractivity contribution in [1.82, 2.24) is 14.8 Å². The number of nitrogens with zero attached hydrogens (tertiary/aromatic N) is 4. The van der Waals surface area contributed by atoms with Crippen LogP contribution in [0.3, 0.4) is 0 Å². The molecule has 2 aromatic rings. The zero-order valence-electron chi connectivity index (χ0n) is 11.2. The van der Waals surface area contributed by atoms with Gasteiger partial charge in [-0.05, 0) is 12.1 Å². The van der Waals surface area contributed by atoms with Crippen LogP contribution in [0.15, 0.2) is 24.5 Å². The minimum absolute atomic E-state index is 0.334. The van der Waals surface area contributed by atoms with E-state index < -0.39 is 16.6 Å². The van der Waals surface area contributed by atoms with Gasteiger partial charge in [0.05, 0.1) is 4.92 Å². The van der Waals surface area contributed by atoms with Gasteiger partial charge in [0.1, 0.15) is 17.7 Å². The van der Waals surface area contributed by atoms with Crippen molar-refractivity contribution in [1.29, 1.82) is 0 Å². The fourth-order valence-corrected chi connectivity index (χ4v) is 1.83. The molecule has 1 aromatic carbocycles. The lowest BCUT2D eigenvalue weighted by molar-refractivity contribution is -0.385. The topological polar surface area (TPSA) is 123 Å². The van der Waals surface area contributed by atoms with Crippen LogP contribution in [0.5, 0.6) is 0 Å². The highest BCUT2D eigenvalue weighted by Crippen LogP contribution is 2.23. The van der Waals surface area contributed by atoms with Gasteiger partial charge in [-0.1, -0.05) is 0 Å². The predicted molar refractivity (Wildman–Crippen MR) is 73.3 cm³/mol. The van der Waals surface area contributed by atoms with Crippen LogP contribution in [0, 0.1) is 10.1 Å². The average molecular weight is 291 g/mol. The summed E-state index contributed by atoms with van der Waals surface area (Å²) in [6.07, 6.45) is 2.17. The molecule has 0 fully saturated rings. The Bertz CT molecular complexity index is 682. The number of rotatable bonds is 6. The molecule has 0 radical (unpaired) electrons. The number of benzene rings is 1. The van der Waals surface area contributed by atoms with Crippen LogP contribution < -0.4 is 5.32 Å². The molecule has 0 aliphatic carbocycles. The van der Waals surface area contributed by atoms with Crippen molar-refractivity contribution < 1.29 is 14.8 Å². The minimum Gasteiger partial charge on any atom is -0.477 e. The molecule has 21 heavy (non-hydrogen) atoms. The molecule has 0 amide bonds. The molecule has 0 atom stereocenters. The van der Waals surface area contributed by atoms with Crippen molar-refractivity contribution in [3.8, 4) is 0 Å². The summed E-state index contributed by atoms with van der Waals surface area (Å²) in [4.78, 5) is 21.1. The number of nitro groups is 1. The van der Waals surface area contributed by atoms with Gasteiger partial charge >= 0.3 is 5.97 Å². The number of nitrogens with one attached hydrogen (secondary N) is 1. The van der Waals surface area contributed by atoms with Gasteiger partial charge in [0, 0.05) is 31.8 Å². The first-order valence-corrected chi connectivity index (χ1v) is 6.07. The minimum atomic E-state index is -1.33. The molecular formula is C12H13N5O4. The number of carboxylic acid groups (broad SMARTS) is 1. The van der Waals surface area contributed by atoms with Gasteiger partial charge in [-0.3, -0.25) is 10.1 Å². The first-order chi connectivity index (χ1) is 9.99. The highest BCUT2D eigenvalue weighted by Gasteiger charge is 2.19. The number of carboxylic acids is 1. The van der Waals surface area contributed by atoms with Gasteiger partial charge in [-0.2, -0.15) is 0 Å². The molecule has 110 valence electrons. The average Bonchev–Trinajstić information content (AvgIpc) is 2.84. The van der Waals surface area contributed by atoms with Crippen LogP contribution in [0.1, 0.15) is 16.2 Å². The summed E-state index contributed by atoms with van der Waals surface area (Å²) in [5, 5.41) is 30.4. The Labute approximate surface area is 119 Å². The second-order valence-corrected chi connectivity index (χ2v) is 4.33. The lowest BCUT2D eigenvalue weighted by Gasteiger charge is -2.07. The molecule has 0 saturated carbocycles. The number of anilines is 1. The van der Waals surface area contributed by atoms with E-state index >= 15 is 0 Å². The maximum absolute atomic E-state index is 10.9. The second-order valence-electron chi connectivity index (χ2n) is 4.33. The predicted octanol–water partition coefficient (Wildman–Crippen LogP) is 1.08. The summed E-state index contributed by atoms with van der Waals surface area (Å²) in [5.74, 6) is -0.550. The van der Waals surface area contributed by atoms with E-state index in [0.29, 0.717) is 18.7 Å².